The van der Waals surface area contributed by atoms with Gasteiger partial charge in [-0.15, -0.1) is 0 Å². The van der Waals surface area contributed by atoms with Crippen LogP contribution in [0.3, 0.4) is 0 Å². The number of hydrogen-bond donors (Lipinski definition) is 3. The quantitative estimate of drug-likeness (QED) is 0.335. The molecule has 0 saturated carbocycles. The van der Waals surface area contributed by atoms with Gasteiger partial charge < -0.3 is 20.4 Å². The number of carbonyl (C=O) groups is 1. The zero-order valence-electron chi connectivity index (χ0n) is 22.7. The normalized spacial score (nSPS) is 17.9. The Balaban J connectivity index is 1.13. The van der Waals surface area contributed by atoms with E-state index in [2.05, 4.69) is 40.8 Å². The number of piperazine rings is 1. The van der Waals surface area contributed by atoms with Gasteiger partial charge in [-0.3, -0.25) is 9.89 Å². The molecule has 13 heteroatoms. The van der Waals surface area contributed by atoms with Crippen LogP contribution >= 0.6 is 0 Å². The molecule has 6 heterocycles. The number of aromatic amines is 1. The number of nitrogens with one attached hydrogen (secondary N) is 3. The zero-order valence-corrected chi connectivity index (χ0v) is 22.7. The van der Waals surface area contributed by atoms with E-state index >= 15 is 0 Å². The van der Waals surface area contributed by atoms with Crippen LogP contribution in [0.1, 0.15) is 42.8 Å². The van der Waals surface area contributed by atoms with E-state index < -0.39 is 11.4 Å². The van der Waals surface area contributed by atoms with E-state index in [0.29, 0.717) is 62.4 Å². The number of anilines is 3. The molecule has 1 atom stereocenters. The molecule has 2 fully saturated rings. The van der Waals surface area contributed by atoms with Crippen LogP contribution in [0.2, 0.25) is 0 Å². The summed E-state index contributed by atoms with van der Waals surface area (Å²) in [5.74, 6) is 2.22. The molecule has 2 saturated heterocycles. The van der Waals surface area contributed by atoms with E-state index in [1.54, 1.807) is 12.3 Å². The van der Waals surface area contributed by atoms with Crippen LogP contribution in [-0.2, 0) is 4.79 Å². The molecule has 0 radical (unpaired) electrons. The number of H-pyrrole nitrogens is 1. The SMILES string of the molecule is Cc1cc(Nc2cc(C)[nH]n2)nc(N2CCC3(CC2)NCCN([C@@H](C)c2ccc(-n4cc(F)cn4)nc2)C3=O)n1. The van der Waals surface area contributed by atoms with Crippen molar-refractivity contribution in [1.82, 2.24) is 45.1 Å². The fourth-order valence-corrected chi connectivity index (χ4v) is 5.47. The van der Waals surface area contributed by atoms with Gasteiger partial charge in [0.05, 0.1) is 18.4 Å². The highest BCUT2D eigenvalue weighted by Crippen LogP contribution is 2.33. The summed E-state index contributed by atoms with van der Waals surface area (Å²) in [6, 6.07) is 7.36. The van der Waals surface area contributed by atoms with Gasteiger partial charge in [-0.1, -0.05) is 6.07 Å². The van der Waals surface area contributed by atoms with Gasteiger partial charge in [0, 0.05) is 55.9 Å². The molecule has 6 rings (SSSR count). The Labute approximate surface area is 231 Å². The Kier molecular flexibility index (Phi) is 6.66. The van der Waals surface area contributed by atoms with E-state index in [4.69, 9.17) is 4.98 Å². The lowest BCUT2D eigenvalue weighted by Crippen LogP contribution is -2.67. The first kappa shape index (κ1) is 25.9. The second kappa shape index (κ2) is 10.3. The number of nitrogens with zero attached hydrogens (tertiary/aromatic N) is 8. The Hall–Kier alpha value is -4.39. The Morgan fingerprint density at radius 2 is 1.90 bits per heavy atom. The first-order valence-corrected chi connectivity index (χ1v) is 13.4. The van der Waals surface area contributed by atoms with Crippen LogP contribution in [0.25, 0.3) is 5.82 Å². The number of hydrogen-bond acceptors (Lipinski definition) is 9. The highest BCUT2D eigenvalue weighted by molar-refractivity contribution is 5.88. The van der Waals surface area contributed by atoms with Crippen LogP contribution in [0.4, 0.5) is 22.0 Å². The van der Waals surface area contributed by atoms with E-state index in [1.807, 2.05) is 43.9 Å². The lowest BCUT2D eigenvalue weighted by Gasteiger charge is -2.48. The Morgan fingerprint density at radius 1 is 1.07 bits per heavy atom. The second-order valence-electron chi connectivity index (χ2n) is 10.5. The maximum absolute atomic E-state index is 13.9. The first-order valence-electron chi connectivity index (χ1n) is 13.4. The largest absolute Gasteiger partial charge is 0.341 e. The van der Waals surface area contributed by atoms with Crippen molar-refractivity contribution in [2.45, 2.75) is 45.2 Å². The van der Waals surface area contributed by atoms with E-state index in [-0.39, 0.29) is 11.9 Å². The van der Waals surface area contributed by atoms with Crippen LogP contribution in [0.5, 0.6) is 0 Å². The predicted octanol–water partition coefficient (Wildman–Crippen LogP) is 2.81. The summed E-state index contributed by atoms with van der Waals surface area (Å²) in [6.07, 6.45) is 5.45. The minimum atomic E-state index is -0.625. The summed E-state index contributed by atoms with van der Waals surface area (Å²) in [5, 5.41) is 17.9. The van der Waals surface area contributed by atoms with Gasteiger partial charge in [0.1, 0.15) is 11.4 Å². The van der Waals surface area contributed by atoms with Crippen LogP contribution in [-0.4, -0.2) is 77.5 Å². The molecule has 3 N–H and O–H groups in total. The van der Waals surface area contributed by atoms with Crippen LogP contribution in [0.15, 0.2) is 42.9 Å². The second-order valence-corrected chi connectivity index (χ2v) is 10.5. The van der Waals surface area contributed by atoms with Gasteiger partial charge >= 0.3 is 0 Å². The zero-order chi connectivity index (χ0) is 27.9. The summed E-state index contributed by atoms with van der Waals surface area (Å²) in [6.45, 7) is 8.54. The maximum Gasteiger partial charge on any atom is 0.243 e. The number of aromatic nitrogens is 7. The number of halogens is 1. The minimum absolute atomic E-state index is 0.102. The summed E-state index contributed by atoms with van der Waals surface area (Å²) < 4.78 is 14.7. The number of carbonyl (C=O) groups excluding carboxylic acids is 1. The molecular formula is C27H32FN11O. The standard InChI is InChI=1S/C27H32FN11O/c1-17-12-22(33-23-13-18(2)35-36-23)34-26(32-17)37-9-6-27(7-10-37)25(40)38(11-8-30-27)19(3)20-4-5-24(29-14-20)39-16-21(28)15-31-39/h4-5,12-16,19,30H,6-11H2,1-3H3,(H2,32,33,34,35,36)/t19-/m0/s1. The maximum atomic E-state index is 13.9. The lowest BCUT2D eigenvalue weighted by atomic mass is 9.83. The molecule has 4 aromatic rings. The van der Waals surface area contributed by atoms with E-state index in [9.17, 15) is 9.18 Å². The highest BCUT2D eigenvalue weighted by atomic mass is 19.1. The van der Waals surface area contributed by atoms with Crippen molar-refractivity contribution in [2.75, 3.05) is 36.4 Å². The molecule has 0 bridgehead atoms. The smallest absolute Gasteiger partial charge is 0.243 e. The molecule has 1 spiro atoms. The molecule has 208 valence electrons. The molecule has 0 aliphatic carbocycles. The molecule has 1 amide bonds. The Bertz CT molecular complexity index is 1510. The monoisotopic (exact) mass is 545 g/mol. The lowest BCUT2D eigenvalue weighted by molar-refractivity contribution is -0.145. The van der Waals surface area contributed by atoms with Crippen LogP contribution < -0.4 is 15.5 Å². The third-order valence-electron chi connectivity index (χ3n) is 7.70. The minimum Gasteiger partial charge on any atom is -0.341 e. The average molecular weight is 546 g/mol. The van der Waals surface area contributed by atoms with E-state index in [0.717, 1.165) is 23.1 Å². The van der Waals surface area contributed by atoms with Crippen molar-refractivity contribution >= 4 is 23.5 Å². The van der Waals surface area contributed by atoms with Crippen molar-refractivity contribution in [3.63, 3.8) is 0 Å². The van der Waals surface area contributed by atoms with Crippen molar-refractivity contribution in [3.8, 4) is 5.82 Å². The summed E-state index contributed by atoms with van der Waals surface area (Å²) in [5.41, 5.74) is 2.10. The van der Waals surface area contributed by atoms with Crippen LogP contribution in [0, 0.1) is 19.7 Å². The fourth-order valence-electron chi connectivity index (χ4n) is 5.47. The molecule has 2 aliphatic heterocycles. The average Bonchev–Trinajstić information content (AvgIpc) is 3.57. The molecule has 0 unspecified atom stereocenters. The number of aryl methyl sites for hydroxylation is 2. The Morgan fingerprint density at radius 3 is 2.58 bits per heavy atom. The van der Waals surface area contributed by atoms with Gasteiger partial charge in [-0.05, 0) is 45.2 Å². The van der Waals surface area contributed by atoms with Gasteiger partial charge in [0.2, 0.25) is 11.9 Å². The number of amides is 1. The molecule has 4 aromatic heterocycles. The molecule has 40 heavy (non-hydrogen) atoms. The molecule has 0 aromatic carbocycles. The number of piperidine rings is 1. The van der Waals surface area contributed by atoms with Crippen molar-refractivity contribution < 1.29 is 9.18 Å². The number of rotatable bonds is 6. The third-order valence-corrected chi connectivity index (χ3v) is 7.70. The van der Waals surface area contributed by atoms with Crippen molar-refractivity contribution in [1.29, 1.82) is 0 Å². The van der Waals surface area contributed by atoms with Gasteiger partial charge in [-0.2, -0.15) is 15.2 Å². The predicted molar refractivity (Wildman–Crippen MR) is 147 cm³/mol. The third kappa shape index (κ3) is 4.99. The first-order chi connectivity index (χ1) is 19.3. The molecule has 2 aliphatic rings. The van der Waals surface area contributed by atoms with E-state index in [1.165, 1.54) is 10.9 Å². The van der Waals surface area contributed by atoms with Gasteiger partial charge in [-0.25, -0.2) is 19.0 Å². The summed E-state index contributed by atoms with van der Waals surface area (Å²) >= 11 is 0. The molecule has 12 nitrogen and oxygen atoms in total. The highest BCUT2D eigenvalue weighted by Gasteiger charge is 2.47. The topological polar surface area (TPSA) is 133 Å². The number of pyridine rings is 1. The molecular weight excluding hydrogens is 513 g/mol. The fraction of sp³-hybridized carbons (Fsp3) is 0.407. The van der Waals surface area contributed by atoms with Gasteiger partial charge in [0.15, 0.2) is 17.5 Å². The van der Waals surface area contributed by atoms with Crippen molar-refractivity contribution in [3.05, 3.63) is 65.6 Å². The summed E-state index contributed by atoms with van der Waals surface area (Å²) in [7, 11) is 0. The summed E-state index contributed by atoms with van der Waals surface area (Å²) in [4.78, 5) is 31.8. The van der Waals surface area contributed by atoms with Crippen molar-refractivity contribution in [2.24, 2.45) is 0 Å². The van der Waals surface area contributed by atoms with Gasteiger partial charge in [0.25, 0.3) is 0 Å².